The van der Waals surface area contributed by atoms with E-state index in [9.17, 15) is 0 Å². The Hall–Kier alpha value is -2.45. The minimum absolute atomic E-state index is 0.229. The monoisotopic (exact) mass is 405 g/mol. The second-order valence-electron chi connectivity index (χ2n) is 7.05. The number of nitrogens with one attached hydrogen (secondary N) is 2. The summed E-state index contributed by atoms with van der Waals surface area (Å²) in [7, 11) is 7.86. The van der Waals surface area contributed by atoms with E-state index in [0.29, 0.717) is 22.8 Å². The van der Waals surface area contributed by atoms with Gasteiger partial charge >= 0.3 is 0 Å². The number of halogens is 1. The van der Waals surface area contributed by atoms with Crippen molar-refractivity contribution in [2.45, 2.75) is 18.9 Å². The second-order valence-corrected chi connectivity index (χ2v) is 7.46. The fourth-order valence-corrected chi connectivity index (χ4v) is 3.57. The predicted molar refractivity (Wildman–Crippen MR) is 116 cm³/mol. The summed E-state index contributed by atoms with van der Waals surface area (Å²) in [6, 6.07) is 4.67. The zero-order chi connectivity index (χ0) is 20.3. The summed E-state index contributed by atoms with van der Waals surface area (Å²) >= 11 is 5.91. The number of benzene rings is 1. The van der Waals surface area contributed by atoms with Gasteiger partial charge in [0.25, 0.3) is 0 Å². The molecule has 8 nitrogen and oxygen atoms in total. The summed E-state index contributed by atoms with van der Waals surface area (Å²) in [5.41, 5.74) is 8.66. The van der Waals surface area contributed by atoms with Gasteiger partial charge in [0.1, 0.15) is 16.6 Å². The van der Waals surface area contributed by atoms with Gasteiger partial charge in [0.05, 0.1) is 30.4 Å². The standard InChI is InChI=1S/C19H28ClN7O/c1-22-14-9-15(24-19-23-11-13(20)18(21)25-19)17(28-4)10-16(14)27-7-5-12(6-8-27)26(2)3/h9-12,22H,5-8H2,1-4H3,(H3,21,23,24,25). The zero-order valence-electron chi connectivity index (χ0n) is 16.8. The van der Waals surface area contributed by atoms with Crippen molar-refractivity contribution in [1.29, 1.82) is 0 Å². The normalized spacial score (nSPS) is 15.0. The Labute approximate surface area is 171 Å². The SMILES string of the molecule is CNc1cc(Nc2ncc(Cl)c(N)n2)c(OC)cc1N1CCC(N(C)C)CC1. The van der Waals surface area contributed by atoms with Crippen molar-refractivity contribution in [3.63, 3.8) is 0 Å². The van der Waals surface area contributed by atoms with Crippen LogP contribution in [0.5, 0.6) is 5.75 Å². The van der Waals surface area contributed by atoms with Crippen LogP contribution in [0.15, 0.2) is 18.3 Å². The van der Waals surface area contributed by atoms with Crippen LogP contribution in [0.2, 0.25) is 5.02 Å². The van der Waals surface area contributed by atoms with Crippen molar-refractivity contribution < 1.29 is 4.74 Å². The fraction of sp³-hybridized carbons (Fsp3) is 0.474. The zero-order valence-corrected chi connectivity index (χ0v) is 17.5. The Kier molecular flexibility index (Phi) is 6.31. The summed E-state index contributed by atoms with van der Waals surface area (Å²) in [5.74, 6) is 1.30. The molecule has 0 spiro atoms. The molecule has 1 fully saturated rings. The maximum Gasteiger partial charge on any atom is 0.229 e. The van der Waals surface area contributed by atoms with Crippen LogP contribution in [0.1, 0.15) is 12.8 Å². The van der Waals surface area contributed by atoms with Crippen molar-refractivity contribution in [2.24, 2.45) is 0 Å². The van der Waals surface area contributed by atoms with Gasteiger partial charge in [-0.05, 0) is 33.0 Å². The lowest BCUT2D eigenvalue weighted by atomic mass is 10.0. The average Bonchev–Trinajstić information content (AvgIpc) is 2.70. The van der Waals surface area contributed by atoms with Gasteiger partial charge in [-0.25, -0.2) is 4.98 Å². The van der Waals surface area contributed by atoms with Gasteiger partial charge in [0, 0.05) is 32.2 Å². The van der Waals surface area contributed by atoms with Crippen LogP contribution in [0, 0.1) is 0 Å². The molecule has 1 aromatic carbocycles. The first-order valence-corrected chi connectivity index (χ1v) is 9.67. The van der Waals surface area contributed by atoms with Crippen LogP contribution in [0.25, 0.3) is 0 Å². The Bertz CT molecular complexity index is 822. The summed E-state index contributed by atoms with van der Waals surface area (Å²) in [5, 5.41) is 6.78. The van der Waals surface area contributed by atoms with Crippen LogP contribution in [-0.4, -0.2) is 62.3 Å². The molecule has 0 amide bonds. The number of rotatable bonds is 6. The molecule has 0 atom stereocenters. The first-order chi connectivity index (χ1) is 13.4. The third-order valence-electron chi connectivity index (χ3n) is 5.14. The number of nitrogens with two attached hydrogens (primary N) is 1. The maximum absolute atomic E-state index is 5.91. The molecule has 0 bridgehead atoms. The summed E-state index contributed by atoms with van der Waals surface area (Å²) < 4.78 is 5.62. The Morgan fingerprint density at radius 2 is 1.96 bits per heavy atom. The van der Waals surface area contributed by atoms with E-state index in [-0.39, 0.29) is 5.82 Å². The van der Waals surface area contributed by atoms with Crippen LogP contribution in [-0.2, 0) is 0 Å². The molecule has 2 aromatic rings. The molecule has 0 saturated carbocycles. The lowest BCUT2D eigenvalue weighted by Crippen LogP contribution is -2.42. The third kappa shape index (κ3) is 4.34. The van der Waals surface area contributed by atoms with E-state index in [1.807, 2.05) is 19.2 Å². The van der Waals surface area contributed by atoms with Gasteiger partial charge in [-0.3, -0.25) is 0 Å². The predicted octanol–water partition coefficient (Wildman–Crippen LogP) is 3.04. The van der Waals surface area contributed by atoms with Gasteiger partial charge < -0.3 is 30.9 Å². The topological polar surface area (TPSA) is 91.6 Å². The molecule has 1 aliphatic heterocycles. The van der Waals surface area contributed by atoms with Gasteiger partial charge in [-0.2, -0.15) is 4.98 Å². The highest BCUT2D eigenvalue weighted by Gasteiger charge is 2.23. The minimum atomic E-state index is 0.229. The van der Waals surface area contributed by atoms with Gasteiger partial charge in [0.2, 0.25) is 5.95 Å². The Balaban J connectivity index is 1.86. The third-order valence-corrected chi connectivity index (χ3v) is 5.43. The molecular weight excluding hydrogens is 378 g/mol. The quantitative estimate of drug-likeness (QED) is 0.675. The maximum atomic E-state index is 5.91. The summed E-state index contributed by atoms with van der Waals surface area (Å²) in [4.78, 5) is 13.1. The van der Waals surface area contributed by atoms with Crippen LogP contribution < -0.4 is 26.0 Å². The molecule has 1 aromatic heterocycles. The van der Waals surface area contributed by atoms with Crippen LogP contribution in [0.3, 0.4) is 0 Å². The van der Waals surface area contributed by atoms with E-state index >= 15 is 0 Å². The largest absolute Gasteiger partial charge is 0.494 e. The molecule has 28 heavy (non-hydrogen) atoms. The molecule has 1 saturated heterocycles. The number of hydrogen-bond acceptors (Lipinski definition) is 8. The fourth-order valence-electron chi connectivity index (χ4n) is 3.48. The van der Waals surface area contributed by atoms with E-state index in [1.165, 1.54) is 6.20 Å². The van der Waals surface area contributed by atoms with Gasteiger partial charge in [-0.15, -0.1) is 0 Å². The first kappa shape index (κ1) is 20.3. The van der Waals surface area contributed by atoms with Crippen LogP contribution >= 0.6 is 11.6 Å². The number of piperidine rings is 1. The molecule has 0 unspecified atom stereocenters. The number of nitrogen functional groups attached to an aromatic ring is 1. The van der Waals surface area contributed by atoms with E-state index in [0.717, 1.165) is 43.0 Å². The minimum Gasteiger partial charge on any atom is -0.494 e. The molecule has 1 aliphatic rings. The highest BCUT2D eigenvalue weighted by Crippen LogP contribution is 2.39. The second kappa shape index (κ2) is 8.70. The van der Waals surface area contributed by atoms with Crippen molar-refractivity contribution >= 4 is 40.4 Å². The molecule has 3 rings (SSSR count). The lowest BCUT2D eigenvalue weighted by Gasteiger charge is -2.37. The number of hydrogen-bond donors (Lipinski definition) is 3. The molecule has 4 N–H and O–H groups in total. The number of anilines is 5. The molecular formula is C19H28ClN7O. The van der Waals surface area contributed by atoms with Gasteiger partial charge in [-0.1, -0.05) is 11.6 Å². The highest BCUT2D eigenvalue weighted by atomic mass is 35.5. The smallest absolute Gasteiger partial charge is 0.229 e. The summed E-state index contributed by atoms with van der Waals surface area (Å²) in [6.07, 6.45) is 3.74. The summed E-state index contributed by atoms with van der Waals surface area (Å²) in [6.45, 7) is 2.01. The van der Waals surface area contributed by atoms with E-state index in [1.54, 1.807) is 7.11 Å². The molecule has 0 aliphatic carbocycles. The van der Waals surface area contributed by atoms with E-state index < -0.39 is 0 Å². The highest BCUT2D eigenvalue weighted by molar-refractivity contribution is 6.32. The van der Waals surface area contributed by atoms with E-state index in [2.05, 4.69) is 44.5 Å². The Morgan fingerprint density at radius 3 is 2.54 bits per heavy atom. The lowest BCUT2D eigenvalue weighted by molar-refractivity contribution is 0.249. The molecule has 9 heteroatoms. The van der Waals surface area contributed by atoms with Crippen molar-refractivity contribution in [3.05, 3.63) is 23.4 Å². The number of aromatic nitrogens is 2. The van der Waals surface area contributed by atoms with Crippen molar-refractivity contribution in [3.8, 4) is 5.75 Å². The van der Waals surface area contributed by atoms with Crippen molar-refractivity contribution in [2.75, 3.05) is 62.6 Å². The van der Waals surface area contributed by atoms with Crippen molar-refractivity contribution in [1.82, 2.24) is 14.9 Å². The molecule has 0 radical (unpaired) electrons. The van der Waals surface area contributed by atoms with E-state index in [4.69, 9.17) is 22.1 Å². The number of ether oxygens (including phenoxy) is 1. The average molecular weight is 406 g/mol. The van der Waals surface area contributed by atoms with Crippen LogP contribution in [0.4, 0.5) is 28.8 Å². The molecule has 2 heterocycles. The molecule has 152 valence electrons. The first-order valence-electron chi connectivity index (χ1n) is 9.29. The number of methoxy groups -OCH3 is 1. The number of nitrogens with zero attached hydrogens (tertiary/aromatic N) is 4. The Morgan fingerprint density at radius 1 is 1.25 bits per heavy atom. The van der Waals surface area contributed by atoms with Gasteiger partial charge in [0.15, 0.2) is 0 Å².